The van der Waals surface area contributed by atoms with Crippen LogP contribution in [0.2, 0.25) is 0 Å². The summed E-state index contributed by atoms with van der Waals surface area (Å²) < 4.78 is 5.46. The van der Waals surface area contributed by atoms with Crippen molar-refractivity contribution in [2.45, 2.75) is 33.7 Å². The molecule has 5 nitrogen and oxygen atoms in total. The lowest BCUT2D eigenvalue weighted by Crippen LogP contribution is -2.32. The van der Waals surface area contributed by atoms with E-state index in [2.05, 4.69) is 15.6 Å². The van der Waals surface area contributed by atoms with Gasteiger partial charge in [0.1, 0.15) is 11.6 Å². The maximum atomic E-state index is 12.5. The number of carbonyl (C=O) groups excluding carboxylic acids is 1. The van der Waals surface area contributed by atoms with Gasteiger partial charge in [-0.2, -0.15) is 0 Å². The van der Waals surface area contributed by atoms with E-state index in [0.717, 1.165) is 33.6 Å². The van der Waals surface area contributed by atoms with Gasteiger partial charge in [-0.3, -0.25) is 4.79 Å². The molecule has 0 aliphatic heterocycles. The Balaban J connectivity index is 1.73. The molecule has 0 saturated carbocycles. The van der Waals surface area contributed by atoms with Crippen molar-refractivity contribution in [2.24, 2.45) is 0 Å². The van der Waals surface area contributed by atoms with E-state index < -0.39 is 0 Å². The quantitative estimate of drug-likeness (QED) is 0.755. The number of benzene rings is 2. The average Bonchev–Trinajstić information content (AvgIpc) is 2.90. The van der Waals surface area contributed by atoms with Gasteiger partial charge in [0.05, 0.1) is 0 Å². The fourth-order valence-electron chi connectivity index (χ4n) is 2.69. The predicted molar refractivity (Wildman–Crippen MR) is 96.4 cm³/mol. The van der Waals surface area contributed by atoms with E-state index in [-0.39, 0.29) is 11.9 Å². The second-order valence-corrected chi connectivity index (χ2v) is 6.04. The van der Waals surface area contributed by atoms with E-state index in [9.17, 15) is 4.79 Å². The number of para-hydroxylation sites is 1. The minimum Gasteiger partial charge on any atom is -0.441 e. The number of carbonyl (C=O) groups is 1. The highest BCUT2D eigenvalue weighted by Crippen LogP contribution is 2.22. The van der Waals surface area contributed by atoms with Crippen molar-refractivity contribution in [3.05, 3.63) is 53.4 Å². The predicted octanol–water partition coefficient (Wildman–Crippen LogP) is 4.19. The molecule has 2 N–H and O–H groups in total. The van der Waals surface area contributed by atoms with Crippen LogP contribution in [-0.2, 0) is 4.79 Å². The zero-order chi connectivity index (χ0) is 17.3. The average molecular weight is 323 g/mol. The maximum absolute atomic E-state index is 12.5. The first-order chi connectivity index (χ1) is 11.4. The monoisotopic (exact) mass is 323 g/mol. The van der Waals surface area contributed by atoms with Gasteiger partial charge in [-0.15, -0.1) is 0 Å². The van der Waals surface area contributed by atoms with E-state index in [1.165, 1.54) is 0 Å². The van der Waals surface area contributed by atoms with Crippen molar-refractivity contribution >= 4 is 28.4 Å². The number of rotatable bonds is 4. The first kappa shape index (κ1) is 16.1. The molecule has 24 heavy (non-hydrogen) atoms. The summed E-state index contributed by atoms with van der Waals surface area (Å²) in [5.74, 6) is 0.548. The van der Waals surface area contributed by atoms with Gasteiger partial charge in [0.25, 0.3) is 0 Å². The van der Waals surface area contributed by atoms with Crippen LogP contribution in [0.4, 0.5) is 11.4 Å². The molecule has 0 spiro atoms. The molecule has 2 aromatic carbocycles. The number of oxazole rings is 1. The summed E-state index contributed by atoms with van der Waals surface area (Å²) >= 11 is 0. The molecule has 1 atom stereocenters. The smallest absolute Gasteiger partial charge is 0.246 e. The van der Waals surface area contributed by atoms with Crippen LogP contribution in [0.25, 0.3) is 11.1 Å². The molecule has 0 aliphatic carbocycles. The first-order valence-corrected chi connectivity index (χ1v) is 7.95. The lowest BCUT2D eigenvalue weighted by Gasteiger charge is -2.17. The second kappa shape index (κ2) is 6.35. The molecule has 1 aromatic heterocycles. The van der Waals surface area contributed by atoms with Crippen molar-refractivity contribution in [1.29, 1.82) is 0 Å². The third kappa shape index (κ3) is 3.25. The van der Waals surface area contributed by atoms with E-state index in [0.29, 0.717) is 5.89 Å². The van der Waals surface area contributed by atoms with Gasteiger partial charge in [-0.05, 0) is 50.1 Å². The Kier molecular flexibility index (Phi) is 4.25. The van der Waals surface area contributed by atoms with Crippen LogP contribution in [0.3, 0.4) is 0 Å². The van der Waals surface area contributed by atoms with Crippen LogP contribution in [0, 0.1) is 20.8 Å². The number of hydrogen-bond acceptors (Lipinski definition) is 4. The topological polar surface area (TPSA) is 67.2 Å². The van der Waals surface area contributed by atoms with Gasteiger partial charge in [0.2, 0.25) is 5.91 Å². The summed E-state index contributed by atoms with van der Waals surface area (Å²) in [6.07, 6.45) is 0. The Hall–Kier alpha value is -2.82. The number of aryl methyl sites for hydroxylation is 3. The van der Waals surface area contributed by atoms with Gasteiger partial charge in [0, 0.05) is 18.3 Å². The summed E-state index contributed by atoms with van der Waals surface area (Å²) in [7, 11) is 0. The van der Waals surface area contributed by atoms with Crippen LogP contribution in [0.15, 0.2) is 40.8 Å². The summed E-state index contributed by atoms with van der Waals surface area (Å²) in [6.45, 7) is 7.62. The summed E-state index contributed by atoms with van der Waals surface area (Å²) in [5.41, 5.74) is 5.33. The SMILES string of the molecule is Cc1nc2cc(N[C@H](C)C(=O)Nc3c(C)cccc3C)ccc2o1. The number of anilines is 2. The van der Waals surface area contributed by atoms with Crippen molar-refractivity contribution in [3.8, 4) is 0 Å². The highest BCUT2D eigenvalue weighted by atomic mass is 16.3. The number of amides is 1. The zero-order valence-corrected chi connectivity index (χ0v) is 14.3. The van der Waals surface area contributed by atoms with Crippen molar-refractivity contribution in [3.63, 3.8) is 0 Å². The van der Waals surface area contributed by atoms with Gasteiger partial charge in [-0.25, -0.2) is 4.98 Å². The maximum Gasteiger partial charge on any atom is 0.246 e. The number of hydrogen-bond donors (Lipinski definition) is 2. The van der Waals surface area contributed by atoms with Gasteiger partial charge in [0.15, 0.2) is 11.5 Å². The minimum atomic E-state index is -0.380. The van der Waals surface area contributed by atoms with Gasteiger partial charge < -0.3 is 15.1 Å². The summed E-state index contributed by atoms with van der Waals surface area (Å²) in [5, 5.41) is 6.21. The Morgan fingerprint density at radius 3 is 2.54 bits per heavy atom. The normalized spacial score (nSPS) is 12.2. The fraction of sp³-hybridized carbons (Fsp3) is 0.263. The molecule has 0 unspecified atom stereocenters. The molecule has 3 rings (SSSR count). The van der Waals surface area contributed by atoms with Crippen molar-refractivity contribution in [2.75, 3.05) is 10.6 Å². The van der Waals surface area contributed by atoms with Crippen molar-refractivity contribution < 1.29 is 9.21 Å². The third-order valence-corrected chi connectivity index (χ3v) is 4.00. The molecular formula is C19H21N3O2. The molecule has 124 valence electrons. The zero-order valence-electron chi connectivity index (χ0n) is 14.3. The Morgan fingerprint density at radius 2 is 1.83 bits per heavy atom. The number of fused-ring (bicyclic) bond motifs is 1. The van der Waals surface area contributed by atoms with E-state index in [4.69, 9.17) is 4.42 Å². The second-order valence-electron chi connectivity index (χ2n) is 6.04. The Morgan fingerprint density at radius 1 is 1.12 bits per heavy atom. The van der Waals surface area contributed by atoms with E-state index in [1.807, 2.05) is 64.1 Å². The van der Waals surface area contributed by atoms with Crippen LogP contribution in [0.1, 0.15) is 23.9 Å². The van der Waals surface area contributed by atoms with Gasteiger partial charge in [-0.1, -0.05) is 18.2 Å². The van der Waals surface area contributed by atoms with Crippen LogP contribution >= 0.6 is 0 Å². The number of aromatic nitrogens is 1. The lowest BCUT2D eigenvalue weighted by atomic mass is 10.1. The minimum absolute atomic E-state index is 0.0798. The molecular weight excluding hydrogens is 302 g/mol. The molecule has 1 heterocycles. The molecule has 0 fully saturated rings. The molecule has 5 heteroatoms. The lowest BCUT2D eigenvalue weighted by molar-refractivity contribution is -0.116. The number of nitrogens with zero attached hydrogens (tertiary/aromatic N) is 1. The van der Waals surface area contributed by atoms with Crippen LogP contribution < -0.4 is 10.6 Å². The molecule has 0 bridgehead atoms. The standard InChI is InChI=1S/C19H21N3O2/c1-11-6-5-7-12(2)18(11)22-19(23)13(3)20-15-8-9-17-16(10-15)21-14(4)24-17/h5-10,13,20H,1-4H3,(H,22,23)/t13-/m1/s1. The van der Waals surface area contributed by atoms with Crippen molar-refractivity contribution in [1.82, 2.24) is 4.98 Å². The molecule has 0 saturated heterocycles. The molecule has 0 aliphatic rings. The molecule has 0 radical (unpaired) electrons. The van der Waals surface area contributed by atoms with Gasteiger partial charge >= 0.3 is 0 Å². The molecule has 1 amide bonds. The summed E-state index contributed by atoms with van der Waals surface area (Å²) in [4.78, 5) is 16.8. The fourth-order valence-corrected chi connectivity index (χ4v) is 2.69. The largest absolute Gasteiger partial charge is 0.441 e. The van der Waals surface area contributed by atoms with E-state index >= 15 is 0 Å². The third-order valence-electron chi connectivity index (χ3n) is 4.00. The Bertz CT molecular complexity index is 879. The van der Waals surface area contributed by atoms with E-state index in [1.54, 1.807) is 0 Å². The number of nitrogens with one attached hydrogen (secondary N) is 2. The Labute approximate surface area is 141 Å². The first-order valence-electron chi connectivity index (χ1n) is 7.95. The highest BCUT2D eigenvalue weighted by Gasteiger charge is 2.15. The summed E-state index contributed by atoms with van der Waals surface area (Å²) in [6, 6.07) is 11.2. The van der Waals surface area contributed by atoms with Crippen LogP contribution in [0.5, 0.6) is 0 Å². The molecule has 3 aromatic rings. The van der Waals surface area contributed by atoms with Crippen LogP contribution in [-0.4, -0.2) is 16.9 Å². The highest BCUT2D eigenvalue weighted by molar-refractivity contribution is 5.97.